The third kappa shape index (κ3) is 2.18. The van der Waals surface area contributed by atoms with Crippen molar-refractivity contribution in [2.45, 2.75) is 0 Å². The molecule has 0 spiro atoms. The van der Waals surface area contributed by atoms with E-state index in [0.717, 1.165) is 0 Å². The van der Waals surface area contributed by atoms with Gasteiger partial charge in [-0.25, -0.2) is 8.78 Å². The fourth-order valence-corrected chi connectivity index (χ4v) is 0.710. The summed E-state index contributed by atoms with van der Waals surface area (Å²) in [5, 5.41) is 0. The molecule has 0 heterocycles. The molecule has 0 aliphatic rings. The minimum Gasteiger partial charge on any atom is -0.488 e. The fourth-order valence-electron chi connectivity index (χ4n) is 0.710. The molecule has 0 atom stereocenters. The van der Waals surface area contributed by atoms with E-state index in [4.69, 9.17) is 4.74 Å². The van der Waals surface area contributed by atoms with Gasteiger partial charge in [-0.2, -0.15) is 0 Å². The quantitative estimate of drug-likeness (QED) is 0.655. The van der Waals surface area contributed by atoms with Crippen molar-refractivity contribution in [1.29, 1.82) is 0 Å². The van der Waals surface area contributed by atoms with E-state index < -0.39 is 12.5 Å². The van der Waals surface area contributed by atoms with Crippen LogP contribution in [0.3, 0.4) is 0 Å². The van der Waals surface area contributed by atoms with Gasteiger partial charge in [0.15, 0.2) is 11.6 Å². The molecule has 0 fully saturated rings. The van der Waals surface area contributed by atoms with Crippen LogP contribution in [0.5, 0.6) is 5.75 Å². The summed E-state index contributed by atoms with van der Waals surface area (Å²) in [6.07, 6.45) is 0. The van der Waals surface area contributed by atoms with Crippen LogP contribution >= 0.6 is 0 Å². The molecule has 11 heavy (non-hydrogen) atoms. The number of benzene rings is 1. The second-order valence-electron chi connectivity index (χ2n) is 1.97. The van der Waals surface area contributed by atoms with E-state index in [-0.39, 0.29) is 12.4 Å². The number of ether oxygens (including phenoxy) is 1. The Labute approximate surface area is 63.6 Å². The highest BCUT2D eigenvalue weighted by atomic mass is 19.1. The van der Waals surface area contributed by atoms with Crippen LogP contribution in [0.2, 0.25) is 0 Å². The van der Waals surface area contributed by atoms with E-state index in [2.05, 4.69) is 0 Å². The Morgan fingerprint density at radius 2 is 2.00 bits per heavy atom. The SMILES string of the molecule is FCCOc1ccccc1F. The van der Waals surface area contributed by atoms with Crippen LogP contribution in [0, 0.1) is 5.82 Å². The Balaban J connectivity index is 2.62. The predicted octanol–water partition coefficient (Wildman–Crippen LogP) is 2.17. The lowest BCUT2D eigenvalue weighted by Gasteiger charge is -2.02. The molecule has 0 unspecified atom stereocenters. The standard InChI is InChI=1S/C8H8F2O/c9-5-6-11-8-4-2-1-3-7(8)10/h1-4H,5-6H2. The maximum atomic E-state index is 12.7. The maximum Gasteiger partial charge on any atom is 0.165 e. The summed E-state index contributed by atoms with van der Waals surface area (Å²) in [6.45, 7) is -0.699. The zero-order chi connectivity index (χ0) is 8.10. The first-order valence-electron chi connectivity index (χ1n) is 3.28. The smallest absolute Gasteiger partial charge is 0.165 e. The van der Waals surface area contributed by atoms with Gasteiger partial charge in [0.05, 0.1) is 0 Å². The van der Waals surface area contributed by atoms with E-state index in [9.17, 15) is 8.78 Å². The Morgan fingerprint density at radius 3 is 2.64 bits per heavy atom. The summed E-state index contributed by atoms with van der Waals surface area (Å²) < 4.78 is 29.0. The van der Waals surface area contributed by atoms with E-state index in [1.54, 1.807) is 12.1 Å². The van der Waals surface area contributed by atoms with Crippen molar-refractivity contribution in [3.63, 3.8) is 0 Å². The highest BCUT2D eigenvalue weighted by Crippen LogP contribution is 2.14. The highest BCUT2D eigenvalue weighted by Gasteiger charge is 1.99. The molecule has 0 N–H and O–H groups in total. The third-order valence-electron chi connectivity index (χ3n) is 1.17. The minimum atomic E-state index is -0.603. The largest absolute Gasteiger partial charge is 0.488 e. The van der Waals surface area contributed by atoms with Crippen molar-refractivity contribution in [1.82, 2.24) is 0 Å². The molecule has 0 saturated heterocycles. The molecule has 1 aromatic rings. The Hall–Kier alpha value is -1.12. The first kappa shape index (κ1) is 7.98. The van der Waals surface area contributed by atoms with Crippen LogP contribution in [0.1, 0.15) is 0 Å². The molecule has 0 aromatic heterocycles. The number of para-hydroxylation sites is 1. The molecule has 1 rings (SSSR count). The zero-order valence-electron chi connectivity index (χ0n) is 5.89. The van der Waals surface area contributed by atoms with Crippen LogP contribution in [-0.4, -0.2) is 13.3 Å². The number of hydrogen-bond acceptors (Lipinski definition) is 1. The predicted molar refractivity (Wildman–Crippen MR) is 37.9 cm³/mol. The van der Waals surface area contributed by atoms with Crippen LogP contribution < -0.4 is 4.74 Å². The molecule has 3 heteroatoms. The monoisotopic (exact) mass is 158 g/mol. The lowest BCUT2D eigenvalue weighted by Crippen LogP contribution is -1.99. The normalized spacial score (nSPS) is 9.64. The van der Waals surface area contributed by atoms with Gasteiger partial charge in [-0.1, -0.05) is 12.1 Å². The van der Waals surface area contributed by atoms with Crippen molar-refractivity contribution in [2.24, 2.45) is 0 Å². The Morgan fingerprint density at radius 1 is 1.27 bits per heavy atom. The van der Waals surface area contributed by atoms with Gasteiger partial charge in [0.1, 0.15) is 13.3 Å². The molecule has 60 valence electrons. The van der Waals surface area contributed by atoms with E-state index in [1.165, 1.54) is 12.1 Å². The third-order valence-corrected chi connectivity index (χ3v) is 1.17. The molecule has 1 nitrogen and oxygen atoms in total. The molecular formula is C8H8F2O. The van der Waals surface area contributed by atoms with Crippen molar-refractivity contribution < 1.29 is 13.5 Å². The average Bonchev–Trinajstić information content (AvgIpc) is 2.03. The lowest BCUT2D eigenvalue weighted by atomic mass is 10.3. The van der Waals surface area contributed by atoms with Crippen LogP contribution in [0.25, 0.3) is 0 Å². The summed E-state index contributed by atoms with van der Waals surface area (Å²) in [4.78, 5) is 0. The molecule has 0 bridgehead atoms. The molecule has 0 aliphatic carbocycles. The average molecular weight is 158 g/mol. The number of alkyl halides is 1. The van der Waals surface area contributed by atoms with Crippen LogP contribution in [-0.2, 0) is 0 Å². The van der Waals surface area contributed by atoms with E-state index in [1.807, 2.05) is 0 Å². The number of halogens is 2. The highest BCUT2D eigenvalue weighted by molar-refractivity contribution is 5.23. The summed E-state index contributed by atoms with van der Waals surface area (Å²) in [5.41, 5.74) is 0. The Kier molecular flexibility index (Phi) is 2.83. The summed E-state index contributed by atoms with van der Waals surface area (Å²) >= 11 is 0. The molecule has 0 amide bonds. The van der Waals surface area contributed by atoms with Gasteiger partial charge in [0.25, 0.3) is 0 Å². The first-order chi connectivity index (χ1) is 5.34. The molecular weight excluding hydrogens is 150 g/mol. The van der Waals surface area contributed by atoms with Gasteiger partial charge < -0.3 is 4.74 Å². The van der Waals surface area contributed by atoms with Crippen molar-refractivity contribution in [3.8, 4) is 5.75 Å². The summed E-state index contributed by atoms with van der Waals surface area (Å²) in [7, 11) is 0. The summed E-state index contributed by atoms with van der Waals surface area (Å²) in [5.74, 6) is -0.355. The van der Waals surface area contributed by atoms with Crippen molar-refractivity contribution >= 4 is 0 Å². The molecule has 1 aromatic carbocycles. The van der Waals surface area contributed by atoms with Gasteiger partial charge in [-0.3, -0.25) is 0 Å². The molecule has 0 saturated carbocycles. The van der Waals surface area contributed by atoms with Gasteiger partial charge in [-0.05, 0) is 12.1 Å². The molecule has 0 aliphatic heterocycles. The van der Waals surface area contributed by atoms with E-state index in [0.29, 0.717) is 0 Å². The van der Waals surface area contributed by atoms with E-state index >= 15 is 0 Å². The van der Waals surface area contributed by atoms with Crippen LogP contribution in [0.15, 0.2) is 24.3 Å². The number of rotatable bonds is 3. The maximum absolute atomic E-state index is 12.7. The van der Waals surface area contributed by atoms with Gasteiger partial charge in [0, 0.05) is 0 Å². The Bertz CT molecular complexity index is 225. The van der Waals surface area contributed by atoms with Crippen molar-refractivity contribution in [2.75, 3.05) is 13.3 Å². The zero-order valence-corrected chi connectivity index (χ0v) is 5.89. The van der Waals surface area contributed by atoms with Crippen molar-refractivity contribution in [3.05, 3.63) is 30.1 Å². The molecule has 0 radical (unpaired) electrons. The van der Waals surface area contributed by atoms with Gasteiger partial charge in [0.2, 0.25) is 0 Å². The number of hydrogen-bond donors (Lipinski definition) is 0. The first-order valence-corrected chi connectivity index (χ1v) is 3.28. The lowest BCUT2D eigenvalue weighted by molar-refractivity contribution is 0.262. The van der Waals surface area contributed by atoms with Gasteiger partial charge >= 0.3 is 0 Å². The van der Waals surface area contributed by atoms with Crippen LogP contribution in [0.4, 0.5) is 8.78 Å². The summed E-state index contributed by atoms with van der Waals surface area (Å²) in [6, 6.07) is 5.92. The minimum absolute atomic E-state index is 0.0963. The second-order valence-corrected chi connectivity index (χ2v) is 1.97. The van der Waals surface area contributed by atoms with Gasteiger partial charge in [-0.15, -0.1) is 0 Å². The fraction of sp³-hybridized carbons (Fsp3) is 0.250. The second kappa shape index (κ2) is 3.91. The topological polar surface area (TPSA) is 9.23 Å².